The van der Waals surface area contributed by atoms with E-state index in [1.54, 1.807) is 29.9 Å². The summed E-state index contributed by atoms with van der Waals surface area (Å²) >= 11 is 6.85. The molecule has 3 fully saturated rings. The molecule has 2 saturated carbocycles. The predicted octanol–water partition coefficient (Wildman–Crippen LogP) is 4.83. The van der Waals surface area contributed by atoms with Crippen molar-refractivity contribution in [1.82, 2.24) is 0 Å². The zero-order valence-corrected chi connectivity index (χ0v) is 17.5. The third-order valence-electron chi connectivity index (χ3n) is 5.90. The molecule has 1 N–H and O–H groups in total. The standard InChI is InChI=1S/C22H19NO4S2/c1-26-17-9-14(8-15(24)10-17)19-5-4-16(27-19)11-20-21(25)23(22(28)29-20)18-7-12-2-3-13(18)6-12/h4-5,8-13H,2-3,6-7H2,1H3/p+1. The second kappa shape index (κ2) is 7.15. The van der Waals surface area contributed by atoms with E-state index in [-0.39, 0.29) is 11.7 Å². The summed E-state index contributed by atoms with van der Waals surface area (Å²) in [6, 6.07) is 8.55. The smallest absolute Gasteiger partial charge is 0.433 e. The molecule has 2 aromatic rings. The Kier molecular flexibility index (Phi) is 4.59. The molecule has 2 unspecified atom stereocenters. The number of carbonyl (C=O) groups excluding carboxylic acids is 1. The summed E-state index contributed by atoms with van der Waals surface area (Å²) in [7, 11) is 1.54. The SMILES string of the molecule is COc1cc(O)cc(-c2ccc(C=C3SC(=S)[N+](=C4CC5CCC4C5)C3=O)o2)c1. The summed E-state index contributed by atoms with van der Waals surface area (Å²) in [6.07, 6.45) is 6.38. The van der Waals surface area contributed by atoms with Crippen LogP contribution in [0.2, 0.25) is 0 Å². The zero-order chi connectivity index (χ0) is 20.1. The first-order chi connectivity index (χ1) is 14.0. The molecule has 7 heteroatoms. The highest BCUT2D eigenvalue weighted by molar-refractivity contribution is 8.26. The Bertz CT molecular complexity index is 1100. The van der Waals surface area contributed by atoms with Crippen LogP contribution in [-0.2, 0) is 4.79 Å². The van der Waals surface area contributed by atoms with Crippen molar-refractivity contribution in [1.29, 1.82) is 0 Å². The van der Waals surface area contributed by atoms with Crippen LogP contribution in [0.25, 0.3) is 17.4 Å². The van der Waals surface area contributed by atoms with E-state index in [1.165, 1.54) is 42.8 Å². The van der Waals surface area contributed by atoms with Crippen molar-refractivity contribution >= 4 is 46.0 Å². The van der Waals surface area contributed by atoms with Gasteiger partial charge in [0.1, 0.15) is 27.9 Å². The third kappa shape index (κ3) is 3.32. The number of aromatic hydroxyl groups is 1. The van der Waals surface area contributed by atoms with E-state index in [9.17, 15) is 9.90 Å². The van der Waals surface area contributed by atoms with Gasteiger partial charge in [-0.25, -0.2) is 4.79 Å². The molecule has 5 nitrogen and oxygen atoms in total. The Morgan fingerprint density at radius 2 is 2.17 bits per heavy atom. The quantitative estimate of drug-likeness (QED) is 0.431. The van der Waals surface area contributed by atoms with E-state index in [4.69, 9.17) is 21.4 Å². The van der Waals surface area contributed by atoms with E-state index in [0.29, 0.717) is 38.0 Å². The van der Waals surface area contributed by atoms with Gasteiger partial charge in [-0.15, -0.1) is 4.58 Å². The number of ether oxygens (including phenoxy) is 1. The van der Waals surface area contributed by atoms with E-state index in [0.717, 1.165) is 12.3 Å². The fourth-order valence-corrected chi connectivity index (χ4v) is 5.88. The van der Waals surface area contributed by atoms with Crippen LogP contribution in [0, 0.1) is 11.8 Å². The number of benzene rings is 1. The second-order valence-corrected chi connectivity index (χ2v) is 9.39. The van der Waals surface area contributed by atoms with Gasteiger partial charge in [-0.1, -0.05) is 0 Å². The molecule has 3 aliphatic rings. The van der Waals surface area contributed by atoms with Gasteiger partial charge < -0.3 is 14.3 Å². The Morgan fingerprint density at radius 1 is 1.31 bits per heavy atom. The maximum absolute atomic E-state index is 13.0. The minimum absolute atomic E-state index is 0.0421. The molecule has 2 aliphatic carbocycles. The van der Waals surface area contributed by atoms with E-state index >= 15 is 0 Å². The molecule has 0 radical (unpaired) electrons. The first-order valence-corrected chi connectivity index (χ1v) is 10.9. The molecule has 1 amide bonds. The van der Waals surface area contributed by atoms with Gasteiger partial charge in [-0.2, -0.15) is 0 Å². The number of phenols is 1. The summed E-state index contributed by atoms with van der Waals surface area (Å²) in [5.74, 6) is 2.99. The third-order valence-corrected chi connectivity index (χ3v) is 7.21. The molecule has 1 aromatic heterocycles. The molecule has 2 bridgehead atoms. The first kappa shape index (κ1) is 18.6. The number of nitrogens with zero attached hydrogens (tertiary/aromatic N) is 1. The number of carbonyl (C=O) groups is 1. The van der Waals surface area contributed by atoms with Crippen molar-refractivity contribution in [3.8, 4) is 22.8 Å². The largest absolute Gasteiger partial charge is 0.508 e. The van der Waals surface area contributed by atoms with Gasteiger partial charge in [0, 0.05) is 54.0 Å². The topological polar surface area (TPSA) is 62.7 Å². The van der Waals surface area contributed by atoms with E-state index in [1.807, 2.05) is 12.1 Å². The highest BCUT2D eigenvalue weighted by atomic mass is 32.2. The van der Waals surface area contributed by atoms with Crippen molar-refractivity contribution in [2.45, 2.75) is 25.7 Å². The first-order valence-electron chi connectivity index (χ1n) is 9.64. The van der Waals surface area contributed by atoms with Crippen LogP contribution in [0.1, 0.15) is 31.4 Å². The molecule has 1 aliphatic heterocycles. The average Bonchev–Trinajstić information content (AvgIpc) is 3.47. The maximum Gasteiger partial charge on any atom is 0.433 e. The maximum atomic E-state index is 13.0. The van der Waals surface area contributed by atoms with Crippen LogP contribution >= 0.6 is 24.0 Å². The van der Waals surface area contributed by atoms with E-state index < -0.39 is 0 Å². The van der Waals surface area contributed by atoms with Crippen molar-refractivity contribution in [3.63, 3.8) is 0 Å². The number of rotatable bonds is 3. The lowest BCUT2D eigenvalue weighted by atomic mass is 9.98. The zero-order valence-electron chi connectivity index (χ0n) is 15.9. The minimum Gasteiger partial charge on any atom is -0.508 e. The monoisotopic (exact) mass is 426 g/mol. The number of hydrogen-bond acceptors (Lipinski definition) is 6. The van der Waals surface area contributed by atoms with Gasteiger partial charge in [0.05, 0.1) is 7.11 Å². The van der Waals surface area contributed by atoms with Gasteiger partial charge in [0.2, 0.25) is 0 Å². The molecule has 1 saturated heterocycles. The van der Waals surface area contributed by atoms with Crippen LogP contribution < -0.4 is 4.74 Å². The Balaban J connectivity index is 1.44. The van der Waals surface area contributed by atoms with Gasteiger partial charge in [0.15, 0.2) is 5.71 Å². The van der Waals surface area contributed by atoms with Crippen molar-refractivity contribution in [2.24, 2.45) is 11.8 Å². The van der Waals surface area contributed by atoms with Gasteiger partial charge >= 0.3 is 10.2 Å². The van der Waals surface area contributed by atoms with Crippen LogP contribution in [-0.4, -0.2) is 32.7 Å². The van der Waals surface area contributed by atoms with Crippen molar-refractivity contribution in [3.05, 3.63) is 41.0 Å². The summed E-state index contributed by atoms with van der Waals surface area (Å²) < 4.78 is 13.5. The Hall–Kier alpha value is -2.38. The van der Waals surface area contributed by atoms with Crippen molar-refractivity contribution in [2.75, 3.05) is 7.11 Å². The lowest BCUT2D eigenvalue weighted by Gasteiger charge is -2.08. The molecule has 29 heavy (non-hydrogen) atoms. The average molecular weight is 427 g/mol. The number of furan rings is 1. The lowest BCUT2D eigenvalue weighted by molar-refractivity contribution is -0.326. The van der Waals surface area contributed by atoms with E-state index in [2.05, 4.69) is 0 Å². The number of amides is 1. The number of fused-ring (bicyclic) bond motifs is 2. The highest BCUT2D eigenvalue weighted by Gasteiger charge is 2.49. The lowest BCUT2D eigenvalue weighted by Crippen LogP contribution is -2.29. The van der Waals surface area contributed by atoms with Crippen LogP contribution in [0.3, 0.4) is 0 Å². The number of hydrogen-bond donors (Lipinski definition) is 1. The fraction of sp³-hybridized carbons (Fsp3) is 0.318. The summed E-state index contributed by atoms with van der Waals surface area (Å²) in [5, 5.41) is 9.86. The van der Waals surface area contributed by atoms with Crippen LogP contribution in [0.15, 0.2) is 39.7 Å². The molecule has 148 valence electrons. The Labute approximate surface area is 178 Å². The summed E-state index contributed by atoms with van der Waals surface area (Å²) in [4.78, 5) is 13.6. The normalized spacial score (nSPS) is 27.4. The van der Waals surface area contributed by atoms with Gasteiger partial charge in [-0.3, -0.25) is 0 Å². The molecule has 1 aromatic carbocycles. The summed E-state index contributed by atoms with van der Waals surface area (Å²) in [6.45, 7) is 0. The second-order valence-electron chi connectivity index (χ2n) is 7.71. The fourth-order valence-electron chi connectivity index (χ4n) is 4.57. The molecular weight excluding hydrogens is 406 g/mol. The molecular formula is C22H20NO4S2+. The van der Waals surface area contributed by atoms with Gasteiger partial charge in [-0.05, 0) is 49.4 Å². The molecule has 2 heterocycles. The van der Waals surface area contributed by atoms with Crippen LogP contribution in [0.4, 0.5) is 0 Å². The highest BCUT2D eigenvalue weighted by Crippen LogP contribution is 2.44. The molecule has 5 rings (SSSR count). The number of phenolic OH excluding ortho intramolecular Hbond substituents is 1. The Morgan fingerprint density at radius 3 is 2.90 bits per heavy atom. The number of thiocarbonyl (C=S) groups is 1. The summed E-state index contributed by atoms with van der Waals surface area (Å²) in [5.41, 5.74) is 1.91. The number of methoxy groups -OCH3 is 1. The van der Waals surface area contributed by atoms with Crippen molar-refractivity contribution < 1.29 is 23.6 Å². The number of thioether (sulfide) groups is 1. The molecule has 2 atom stereocenters. The predicted molar refractivity (Wildman–Crippen MR) is 116 cm³/mol. The molecule has 0 spiro atoms. The van der Waals surface area contributed by atoms with Crippen LogP contribution in [0.5, 0.6) is 11.5 Å². The minimum atomic E-state index is -0.0421. The van der Waals surface area contributed by atoms with Gasteiger partial charge in [0.25, 0.3) is 0 Å².